The predicted molar refractivity (Wildman–Crippen MR) is 87.4 cm³/mol. The molecular weight excluding hydrogens is 304 g/mol. The molecule has 0 saturated heterocycles. The largest absolute Gasteiger partial charge is 0.417 e. The van der Waals surface area contributed by atoms with Gasteiger partial charge in [-0.2, -0.15) is 5.10 Å². The van der Waals surface area contributed by atoms with Crippen LogP contribution in [0.5, 0.6) is 0 Å². The minimum absolute atomic E-state index is 0.481. The molecule has 0 N–H and O–H groups in total. The van der Waals surface area contributed by atoms with Crippen molar-refractivity contribution < 1.29 is 4.42 Å². The van der Waals surface area contributed by atoms with Gasteiger partial charge < -0.3 is 8.98 Å². The van der Waals surface area contributed by atoms with Crippen molar-refractivity contribution in [3.8, 4) is 11.6 Å². The summed E-state index contributed by atoms with van der Waals surface area (Å²) >= 11 is 0. The first-order valence-electron chi connectivity index (χ1n) is 8.09. The normalized spacial score (nSPS) is 13.7. The molecule has 1 aromatic carbocycles. The highest BCUT2D eigenvalue weighted by molar-refractivity contribution is 5.75. The van der Waals surface area contributed by atoms with E-state index >= 15 is 0 Å². The lowest BCUT2D eigenvalue weighted by atomic mass is 10.3. The third-order valence-electron chi connectivity index (χ3n) is 4.49. The van der Waals surface area contributed by atoms with Crippen LogP contribution in [0.15, 0.2) is 34.7 Å². The second-order valence-corrected chi connectivity index (χ2v) is 6.08. The van der Waals surface area contributed by atoms with Crippen LogP contribution < -0.4 is 0 Å². The van der Waals surface area contributed by atoms with Crippen molar-refractivity contribution in [2.24, 2.45) is 0 Å². The van der Waals surface area contributed by atoms with E-state index in [1.807, 2.05) is 41.9 Å². The Hall–Kier alpha value is -2.96. The molecule has 0 radical (unpaired) electrons. The average molecular weight is 320 g/mol. The SMILES string of the molecule is Cc1nc2ccccc2n1Cc1nnc(-c2cc3n(n2)CCC3)o1. The van der Waals surface area contributed by atoms with Crippen LogP contribution in [-0.2, 0) is 19.5 Å². The molecule has 5 rings (SSSR count). The van der Waals surface area contributed by atoms with E-state index in [1.165, 1.54) is 5.69 Å². The van der Waals surface area contributed by atoms with Gasteiger partial charge in [-0.15, -0.1) is 10.2 Å². The Morgan fingerprint density at radius 3 is 3.04 bits per heavy atom. The second-order valence-electron chi connectivity index (χ2n) is 6.08. The van der Waals surface area contributed by atoms with Gasteiger partial charge in [-0.25, -0.2) is 4.98 Å². The molecule has 0 atom stereocenters. The Bertz CT molecular complexity index is 1020. The number of para-hydroxylation sites is 2. The first-order valence-corrected chi connectivity index (χ1v) is 8.09. The Balaban J connectivity index is 1.47. The van der Waals surface area contributed by atoms with Crippen molar-refractivity contribution in [3.05, 3.63) is 47.7 Å². The molecule has 7 heteroatoms. The summed E-state index contributed by atoms with van der Waals surface area (Å²) < 4.78 is 9.94. The maximum absolute atomic E-state index is 5.84. The van der Waals surface area contributed by atoms with Crippen LogP contribution in [0.1, 0.15) is 23.8 Å². The molecule has 0 aliphatic carbocycles. The highest BCUT2D eigenvalue weighted by Crippen LogP contribution is 2.23. The van der Waals surface area contributed by atoms with E-state index in [0.717, 1.165) is 41.9 Å². The summed E-state index contributed by atoms with van der Waals surface area (Å²) in [6.07, 6.45) is 2.22. The zero-order valence-corrected chi connectivity index (χ0v) is 13.3. The average Bonchev–Trinajstić information content (AvgIpc) is 3.31. The number of benzene rings is 1. The molecule has 0 bridgehead atoms. The predicted octanol–water partition coefficient (Wildman–Crippen LogP) is 2.59. The van der Waals surface area contributed by atoms with Crippen LogP contribution in [0.4, 0.5) is 0 Å². The Morgan fingerprint density at radius 1 is 1.21 bits per heavy atom. The van der Waals surface area contributed by atoms with Crippen molar-refractivity contribution in [3.63, 3.8) is 0 Å². The number of imidazole rings is 1. The van der Waals surface area contributed by atoms with E-state index in [1.54, 1.807) is 0 Å². The maximum Gasteiger partial charge on any atom is 0.268 e. The summed E-state index contributed by atoms with van der Waals surface area (Å²) in [5.41, 5.74) is 4.04. The molecule has 0 unspecified atom stereocenters. The summed E-state index contributed by atoms with van der Waals surface area (Å²) in [5, 5.41) is 12.9. The van der Waals surface area contributed by atoms with Gasteiger partial charge in [0.1, 0.15) is 18.1 Å². The molecule has 4 heterocycles. The fourth-order valence-corrected chi connectivity index (χ4v) is 3.32. The van der Waals surface area contributed by atoms with Crippen LogP contribution >= 0.6 is 0 Å². The quantitative estimate of drug-likeness (QED) is 0.580. The van der Waals surface area contributed by atoms with Crippen LogP contribution in [0.25, 0.3) is 22.6 Å². The zero-order valence-electron chi connectivity index (χ0n) is 13.3. The van der Waals surface area contributed by atoms with Crippen LogP contribution in [0, 0.1) is 6.92 Å². The molecule has 1 aliphatic rings. The number of hydrogen-bond donors (Lipinski definition) is 0. The third-order valence-corrected chi connectivity index (χ3v) is 4.49. The minimum atomic E-state index is 0.481. The van der Waals surface area contributed by atoms with Gasteiger partial charge in [-0.1, -0.05) is 12.1 Å². The van der Waals surface area contributed by atoms with Gasteiger partial charge in [0, 0.05) is 12.2 Å². The lowest BCUT2D eigenvalue weighted by Crippen LogP contribution is -2.02. The van der Waals surface area contributed by atoms with Crippen molar-refractivity contribution >= 4 is 11.0 Å². The van der Waals surface area contributed by atoms with E-state index in [2.05, 4.69) is 24.8 Å². The van der Waals surface area contributed by atoms with Gasteiger partial charge in [0.05, 0.1) is 11.0 Å². The molecule has 24 heavy (non-hydrogen) atoms. The Labute approximate surface area is 137 Å². The summed E-state index contributed by atoms with van der Waals surface area (Å²) in [7, 11) is 0. The summed E-state index contributed by atoms with van der Waals surface area (Å²) in [4.78, 5) is 4.57. The first kappa shape index (κ1) is 13.5. The summed E-state index contributed by atoms with van der Waals surface area (Å²) in [6.45, 7) is 3.46. The van der Waals surface area contributed by atoms with Crippen LogP contribution in [-0.4, -0.2) is 29.5 Å². The number of nitrogens with zero attached hydrogens (tertiary/aromatic N) is 6. The zero-order chi connectivity index (χ0) is 16.1. The van der Waals surface area contributed by atoms with E-state index in [9.17, 15) is 0 Å². The van der Waals surface area contributed by atoms with Crippen molar-refractivity contribution in [1.29, 1.82) is 0 Å². The van der Waals surface area contributed by atoms with Crippen molar-refractivity contribution in [2.75, 3.05) is 0 Å². The molecular formula is C17H16N6O. The monoisotopic (exact) mass is 320 g/mol. The van der Waals surface area contributed by atoms with E-state index in [4.69, 9.17) is 4.42 Å². The van der Waals surface area contributed by atoms with Gasteiger partial charge in [0.15, 0.2) is 0 Å². The van der Waals surface area contributed by atoms with Gasteiger partial charge in [-0.05, 0) is 38.0 Å². The molecule has 7 nitrogen and oxygen atoms in total. The minimum Gasteiger partial charge on any atom is -0.417 e. The number of aromatic nitrogens is 6. The maximum atomic E-state index is 5.84. The molecule has 0 spiro atoms. The fourth-order valence-electron chi connectivity index (χ4n) is 3.32. The van der Waals surface area contributed by atoms with Crippen LogP contribution in [0.3, 0.4) is 0 Å². The number of rotatable bonds is 3. The third kappa shape index (κ3) is 2.05. The molecule has 3 aromatic heterocycles. The van der Waals surface area contributed by atoms with E-state index < -0.39 is 0 Å². The molecule has 0 amide bonds. The lowest BCUT2D eigenvalue weighted by Gasteiger charge is -2.02. The topological polar surface area (TPSA) is 74.6 Å². The van der Waals surface area contributed by atoms with Gasteiger partial charge in [-0.3, -0.25) is 4.68 Å². The van der Waals surface area contributed by atoms with E-state index in [0.29, 0.717) is 18.3 Å². The van der Waals surface area contributed by atoms with Gasteiger partial charge >= 0.3 is 0 Å². The van der Waals surface area contributed by atoms with Crippen LogP contribution in [0.2, 0.25) is 0 Å². The fraction of sp³-hybridized carbons (Fsp3) is 0.294. The molecule has 1 aliphatic heterocycles. The molecule has 4 aromatic rings. The Morgan fingerprint density at radius 2 is 2.12 bits per heavy atom. The highest BCUT2D eigenvalue weighted by Gasteiger charge is 2.19. The highest BCUT2D eigenvalue weighted by atomic mass is 16.4. The molecule has 0 fully saturated rings. The van der Waals surface area contributed by atoms with Crippen molar-refractivity contribution in [2.45, 2.75) is 32.9 Å². The van der Waals surface area contributed by atoms with Gasteiger partial charge in [0.25, 0.3) is 5.89 Å². The Kier molecular flexibility index (Phi) is 2.82. The molecule has 120 valence electrons. The van der Waals surface area contributed by atoms with Crippen molar-refractivity contribution in [1.82, 2.24) is 29.5 Å². The standard InChI is InChI=1S/C17H16N6O/c1-11-18-13-6-2-3-7-15(13)22(11)10-16-19-20-17(24-16)14-9-12-5-4-8-23(12)21-14/h2-3,6-7,9H,4-5,8,10H2,1H3. The smallest absolute Gasteiger partial charge is 0.268 e. The number of aryl methyl sites for hydroxylation is 3. The first-order chi connectivity index (χ1) is 11.8. The van der Waals surface area contributed by atoms with Gasteiger partial charge in [0.2, 0.25) is 5.89 Å². The van der Waals surface area contributed by atoms with E-state index in [-0.39, 0.29) is 0 Å². The second kappa shape index (κ2) is 5.02. The molecule has 0 saturated carbocycles. The number of fused-ring (bicyclic) bond motifs is 2. The lowest BCUT2D eigenvalue weighted by molar-refractivity contribution is 0.486. The number of hydrogen-bond acceptors (Lipinski definition) is 5. The summed E-state index contributed by atoms with van der Waals surface area (Å²) in [5.74, 6) is 1.97. The summed E-state index contributed by atoms with van der Waals surface area (Å²) in [6, 6.07) is 10.1.